The maximum Gasteiger partial charge on any atom is 0.350 e. The lowest BCUT2D eigenvalue weighted by atomic mass is 10.1. The van der Waals surface area contributed by atoms with Gasteiger partial charge in [0.15, 0.2) is 0 Å². The molecule has 0 amide bonds. The minimum absolute atomic E-state index is 0.0264. The molecule has 0 radical (unpaired) electrons. The fraction of sp³-hybridized carbons (Fsp3) is 0.263. The summed E-state index contributed by atoms with van der Waals surface area (Å²) in [6.45, 7) is 0.708. The summed E-state index contributed by atoms with van der Waals surface area (Å²) in [5, 5.41) is 1.90. The van der Waals surface area contributed by atoms with E-state index in [2.05, 4.69) is 4.98 Å². The highest BCUT2D eigenvalue weighted by Crippen LogP contribution is 2.28. The van der Waals surface area contributed by atoms with Crippen LogP contribution in [0.2, 0.25) is 0 Å². The number of aromatic nitrogens is 1. The average Bonchev–Trinajstić information content (AvgIpc) is 3.25. The van der Waals surface area contributed by atoms with E-state index in [0.29, 0.717) is 29.6 Å². The molecule has 4 rings (SSSR count). The third-order valence-corrected chi connectivity index (χ3v) is 8.47. The van der Waals surface area contributed by atoms with Gasteiger partial charge in [-0.3, -0.25) is 4.98 Å². The van der Waals surface area contributed by atoms with Crippen molar-refractivity contribution in [2.45, 2.75) is 11.5 Å². The maximum atomic E-state index is 13.9. The minimum Gasteiger partial charge on any atom is -0.457 e. The summed E-state index contributed by atoms with van der Waals surface area (Å²) in [6, 6.07) is 7.47. The predicted molar refractivity (Wildman–Crippen MR) is 111 cm³/mol. The Hall–Kier alpha value is -2.01. The summed E-state index contributed by atoms with van der Waals surface area (Å²) in [5.74, 6) is 0.328. The normalized spacial score (nSPS) is 15.5. The summed E-state index contributed by atoms with van der Waals surface area (Å²) in [6.07, 6.45) is 1.54. The number of benzene rings is 1. The first-order valence-corrected chi connectivity index (χ1v) is 12.3. The van der Waals surface area contributed by atoms with E-state index in [1.165, 1.54) is 28.7 Å². The topological polar surface area (TPSA) is 76.6 Å². The van der Waals surface area contributed by atoms with Crippen molar-refractivity contribution in [3.05, 3.63) is 58.2 Å². The minimum atomic E-state index is -3.75. The quantitative estimate of drug-likeness (QED) is 0.551. The third kappa shape index (κ3) is 4.02. The second-order valence-corrected chi connectivity index (χ2v) is 10.4. The van der Waals surface area contributed by atoms with Gasteiger partial charge >= 0.3 is 5.97 Å². The number of halogens is 1. The Balaban J connectivity index is 1.55. The highest BCUT2D eigenvalue weighted by molar-refractivity contribution is 7.99. The van der Waals surface area contributed by atoms with E-state index in [-0.39, 0.29) is 16.4 Å². The largest absolute Gasteiger partial charge is 0.457 e. The summed E-state index contributed by atoms with van der Waals surface area (Å²) >= 11 is 2.73. The molecule has 1 aliphatic rings. The van der Waals surface area contributed by atoms with Gasteiger partial charge in [-0.15, -0.1) is 11.3 Å². The number of hydrogen-bond donors (Lipinski definition) is 0. The smallest absolute Gasteiger partial charge is 0.350 e. The Kier molecular flexibility index (Phi) is 5.86. The van der Waals surface area contributed by atoms with E-state index in [9.17, 15) is 17.6 Å². The second kappa shape index (κ2) is 8.39. The number of carbonyl (C=O) groups excluding carboxylic acids is 1. The number of rotatable bonds is 5. The number of thioether (sulfide) groups is 1. The second-order valence-electron chi connectivity index (χ2n) is 6.31. The van der Waals surface area contributed by atoms with Crippen LogP contribution < -0.4 is 0 Å². The number of pyridine rings is 1. The molecule has 1 fully saturated rings. The molecule has 0 saturated carbocycles. The summed E-state index contributed by atoms with van der Waals surface area (Å²) in [7, 11) is -3.75. The molecule has 0 unspecified atom stereocenters. The summed E-state index contributed by atoms with van der Waals surface area (Å²) < 4.78 is 46.5. The van der Waals surface area contributed by atoms with E-state index in [1.54, 1.807) is 29.3 Å². The van der Waals surface area contributed by atoms with E-state index in [1.807, 2.05) is 0 Å². The van der Waals surface area contributed by atoms with Gasteiger partial charge in [-0.1, -0.05) is 6.07 Å². The van der Waals surface area contributed by atoms with Crippen molar-refractivity contribution in [3.63, 3.8) is 0 Å². The monoisotopic (exact) mass is 452 g/mol. The van der Waals surface area contributed by atoms with Gasteiger partial charge in [0.2, 0.25) is 10.0 Å². The Bertz CT molecular complexity index is 1160. The molecular formula is C19H17FN2O4S3. The van der Waals surface area contributed by atoms with E-state index < -0.39 is 21.8 Å². The Morgan fingerprint density at radius 3 is 2.79 bits per heavy atom. The first-order valence-electron chi connectivity index (χ1n) is 8.83. The number of carbonyl (C=O) groups is 1. The van der Waals surface area contributed by atoms with Gasteiger partial charge in [0, 0.05) is 41.7 Å². The van der Waals surface area contributed by atoms with Crippen LogP contribution in [0.5, 0.6) is 0 Å². The van der Waals surface area contributed by atoms with Crippen LogP contribution in [0.15, 0.2) is 46.8 Å². The van der Waals surface area contributed by atoms with Crippen LogP contribution in [0.1, 0.15) is 15.2 Å². The molecule has 6 nitrogen and oxygen atoms in total. The fourth-order valence-electron chi connectivity index (χ4n) is 3.10. The van der Waals surface area contributed by atoms with Crippen molar-refractivity contribution in [1.82, 2.24) is 9.29 Å². The van der Waals surface area contributed by atoms with Gasteiger partial charge in [0.25, 0.3) is 0 Å². The number of hydrogen-bond acceptors (Lipinski definition) is 7. The van der Waals surface area contributed by atoms with Gasteiger partial charge in [-0.25, -0.2) is 17.6 Å². The molecule has 1 aliphatic heterocycles. The zero-order valence-electron chi connectivity index (χ0n) is 15.2. The third-order valence-electron chi connectivity index (χ3n) is 4.56. The molecule has 2 aromatic heterocycles. The Morgan fingerprint density at radius 1 is 1.21 bits per heavy atom. The van der Waals surface area contributed by atoms with Crippen LogP contribution in [-0.2, 0) is 21.4 Å². The molecule has 29 heavy (non-hydrogen) atoms. The fourth-order valence-corrected chi connectivity index (χ4v) is 6.96. The van der Waals surface area contributed by atoms with Crippen molar-refractivity contribution >= 4 is 50.0 Å². The van der Waals surface area contributed by atoms with Gasteiger partial charge in [-0.2, -0.15) is 16.1 Å². The number of ether oxygens (including phenoxy) is 1. The SMILES string of the molecule is O=C(OCc1ccc(F)c2cccnc12)c1sccc1S(=O)(=O)N1CCSCC1. The van der Waals surface area contributed by atoms with E-state index in [4.69, 9.17) is 4.74 Å². The molecule has 3 aromatic rings. The van der Waals surface area contributed by atoms with Crippen molar-refractivity contribution in [3.8, 4) is 0 Å². The van der Waals surface area contributed by atoms with Gasteiger partial charge in [0.1, 0.15) is 22.2 Å². The summed E-state index contributed by atoms with van der Waals surface area (Å²) in [5.41, 5.74) is 0.953. The van der Waals surface area contributed by atoms with Crippen molar-refractivity contribution in [1.29, 1.82) is 0 Å². The molecule has 0 atom stereocenters. The Morgan fingerprint density at radius 2 is 2.00 bits per heavy atom. The van der Waals surface area contributed by atoms with Gasteiger partial charge in [0.05, 0.1) is 5.52 Å². The van der Waals surface area contributed by atoms with Crippen LogP contribution >= 0.6 is 23.1 Å². The average molecular weight is 453 g/mol. The Labute approximate surface area is 175 Å². The zero-order chi connectivity index (χ0) is 20.4. The first-order chi connectivity index (χ1) is 14.0. The molecule has 0 spiro atoms. The lowest BCUT2D eigenvalue weighted by Crippen LogP contribution is -2.38. The lowest BCUT2D eigenvalue weighted by Gasteiger charge is -2.25. The molecule has 152 valence electrons. The van der Waals surface area contributed by atoms with Crippen LogP contribution in [0.4, 0.5) is 4.39 Å². The molecular weight excluding hydrogens is 435 g/mol. The molecule has 0 aliphatic carbocycles. The molecule has 3 heterocycles. The lowest BCUT2D eigenvalue weighted by molar-refractivity contribution is 0.0475. The van der Waals surface area contributed by atoms with Crippen LogP contribution in [0.3, 0.4) is 0 Å². The molecule has 0 bridgehead atoms. The number of nitrogens with zero attached hydrogens (tertiary/aromatic N) is 2. The highest BCUT2D eigenvalue weighted by atomic mass is 32.2. The maximum absolute atomic E-state index is 13.9. The predicted octanol–water partition coefficient (Wildman–Crippen LogP) is 3.53. The number of fused-ring (bicyclic) bond motifs is 1. The molecule has 10 heteroatoms. The number of sulfonamides is 1. The van der Waals surface area contributed by atoms with E-state index in [0.717, 1.165) is 22.8 Å². The van der Waals surface area contributed by atoms with Crippen molar-refractivity contribution in [2.75, 3.05) is 24.6 Å². The van der Waals surface area contributed by atoms with Gasteiger partial charge < -0.3 is 4.74 Å². The number of thiophene rings is 1. The standard InChI is InChI=1S/C19H17FN2O4S3/c20-15-4-3-13(17-14(15)2-1-6-21-17)12-26-19(23)18-16(5-9-28-18)29(24,25)22-7-10-27-11-8-22/h1-6,9H,7-8,10-12H2. The van der Waals surface area contributed by atoms with E-state index >= 15 is 0 Å². The first kappa shape index (κ1) is 20.3. The van der Waals surface area contributed by atoms with Crippen LogP contribution in [0.25, 0.3) is 10.9 Å². The van der Waals surface area contributed by atoms with Crippen molar-refractivity contribution < 1.29 is 22.3 Å². The van der Waals surface area contributed by atoms with Gasteiger partial charge in [-0.05, 0) is 29.6 Å². The summed E-state index contributed by atoms with van der Waals surface area (Å²) in [4.78, 5) is 16.8. The van der Waals surface area contributed by atoms with Crippen molar-refractivity contribution in [2.24, 2.45) is 0 Å². The molecule has 1 saturated heterocycles. The van der Waals surface area contributed by atoms with Crippen LogP contribution in [0, 0.1) is 5.82 Å². The molecule has 1 aromatic carbocycles. The van der Waals surface area contributed by atoms with Crippen LogP contribution in [-0.4, -0.2) is 48.3 Å². The number of esters is 1. The zero-order valence-corrected chi connectivity index (χ0v) is 17.7. The molecule has 0 N–H and O–H groups in total. The highest BCUT2D eigenvalue weighted by Gasteiger charge is 2.31.